The van der Waals surface area contributed by atoms with Crippen molar-refractivity contribution in [2.75, 3.05) is 23.3 Å². The summed E-state index contributed by atoms with van der Waals surface area (Å²) in [5.74, 6) is 0.709. The first kappa shape index (κ1) is 15.6. The van der Waals surface area contributed by atoms with Crippen molar-refractivity contribution in [2.45, 2.75) is 33.1 Å². The Bertz CT molecular complexity index is 641. The number of carbonyl (C=O) groups excluding carboxylic acids is 1. The maximum Gasteiger partial charge on any atom is 0.243 e. The van der Waals surface area contributed by atoms with Crippen LogP contribution in [0.5, 0.6) is 0 Å². The SMILES string of the molecule is Cc1n[nH]c(C)c1NC(=O)CN(CC1CCC1)c1ccccc1. The summed E-state index contributed by atoms with van der Waals surface area (Å²) in [7, 11) is 0. The highest BCUT2D eigenvalue weighted by molar-refractivity contribution is 5.95. The first-order valence-corrected chi connectivity index (χ1v) is 8.25. The van der Waals surface area contributed by atoms with Crippen LogP contribution in [0.2, 0.25) is 0 Å². The molecule has 0 aliphatic heterocycles. The summed E-state index contributed by atoms with van der Waals surface area (Å²) in [6, 6.07) is 10.2. The predicted octanol–water partition coefficient (Wildman–Crippen LogP) is 3.27. The molecular weight excluding hydrogens is 288 g/mol. The highest BCUT2D eigenvalue weighted by Gasteiger charge is 2.22. The lowest BCUT2D eigenvalue weighted by Crippen LogP contribution is -2.38. The van der Waals surface area contributed by atoms with Gasteiger partial charge < -0.3 is 10.2 Å². The summed E-state index contributed by atoms with van der Waals surface area (Å²) in [4.78, 5) is 14.7. The van der Waals surface area contributed by atoms with Crippen molar-refractivity contribution in [1.29, 1.82) is 0 Å². The Balaban J connectivity index is 1.68. The van der Waals surface area contributed by atoms with E-state index < -0.39 is 0 Å². The van der Waals surface area contributed by atoms with E-state index in [1.807, 2.05) is 32.0 Å². The van der Waals surface area contributed by atoms with Gasteiger partial charge in [0.2, 0.25) is 5.91 Å². The van der Waals surface area contributed by atoms with Crippen LogP contribution in [0.4, 0.5) is 11.4 Å². The van der Waals surface area contributed by atoms with E-state index in [0.717, 1.165) is 29.3 Å². The van der Waals surface area contributed by atoms with Gasteiger partial charge in [0.1, 0.15) is 0 Å². The molecule has 122 valence electrons. The molecule has 0 atom stereocenters. The Morgan fingerprint density at radius 3 is 2.61 bits per heavy atom. The van der Waals surface area contributed by atoms with Crippen molar-refractivity contribution < 1.29 is 4.79 Å². The minimum absolute atomic E-state index is 0.000719. The highest BCUT2D eigenvalue weighted by Crippen LogP contribution is 2.29. The van der Waals surface area contributed by atoms with Gasteiger partial charge in [-0.1, -0.05) is 24.6 Å². The van der Waals surface area contributed by atoms with E-state index in [1.165, 1.54) is 19.3 Å². The number of hydrogen-bond donors (Lipinski definition) is 2. The van der Waals surface area contributed by atoms with Crippen molar-refractivity contribution in [1.82, 2.24) is 10.2 Å². The lowest BCUT2D eigenvalue weighted by atomic mass is 9.85. The molecular formula is C18H24N4O. The molecule has 0 spiro atoms. The summed E-state index contributed by atoms with van der Waals surface area (Å²) in [5.41, 5.74) is 3.61. The van der Waals surface area contributed by atoms with E-state index in [9.17, 15) is 4.79 Å². The quantitative estimate of drug-likeness (QED) is 0.860. The fourth-order valence-corrected chi connectivity index (χ4v) is 2.97. The zero-order valence-electron chi connectivity index (χ0n) is 13.8. The van der Waals surface area contributed by atoms with Gasteiger partial charge in [-0.2, -0.15) is 5.10 Å². The number of carbonyl (C=O) groups is 1. The van der Waals surface area contributed by atoms with Crippen LogP contribution in [0.3, 0.4) is 0 Å². The van der Waals surface area contributed by atoms with Crippen LogP contribution < -0.4 is 10.2 Å². The third-order valence-corrected chi connectivity index (χ3v) is 4.55. The second kappa shape index (κ2) is 6.86. The topological polar surface area (TPSA) is 61.0 Å². The minimum atomic E-state index is 0.000719. The van der Waals surface area contributed by atoms with Crippen molar-refractivity contribution in [3.8, 4) is 0 Å². The largest absolute Gasteiger partial charge is 0.362 e. The van der Waals surface area contributed by atoms with Crippen molar-refractivity contribution in [3.63, 3.8) is 0 Å². The number of nitrogens with zero attached hydrogens (tertiary/aromatic N) is 2. The number of hydrogen-bond acceptors (Lipinski definition) is 3. The average Bonchev–Trinajstić information content (AvgIpc) is 2.82. The van der Waals surface area contributed by atoms with Crippen molar-refractivity contribution in [2.24, 2.45) is 5.92 Å². The predicted molar refractivity (Wildman–Crippen MR) is 92.7 cm³/mol. The zero-order chi connectivity index (χ0) is 16.2. The van der Waals surface area contributed by atoms with Gasteiger partial charge in [0.05, 0.1) is 23.6 Å². The molecule has 1 aliphatic carbocycles. The lowest BCUT2D eigenvalue weighted by Gasteiger charge is -2.33. The molecule has 0 saturated heterocycles. The van der Waals surface area contributed by atoms with Crippen LogP contribution in [0.1, 0.15) is 30.7 Å². The smallest absolute Gasteiger partial charge is 0.243 e. The molecule has 0 unspecified atom stereocenters. The number of nitrogens with one attached hydrogen (secondary N) is 2. The Morgan fingerprint density at radius 1 is 1.30 bits per heavy atom. The summed E-state index contributed by atoms with van der Waals surface area (Å²) in [6.45, 7) is 5.12. The van der Waals surface area contributed by atoms with E-state index in [2.05, 4.69) is 32.5 Å². The molecule has 1 aliphatic rings. The van der Waals surface area contributed by atoms with Gasteiger partial charge in [-0.15, -0.1) is 0 Å². The maximum atomic E-state index is 12.5. The van der Waals surface area contributed by atoms with Crippen LogP contribution in [0.25, 0.3) is 0 Å². The van der Waals surface area contributed by atoms with E-state index in [-0.39, 0.29) is 5.91 Å². The number of H-pyrrole nitrogens is 1. The number of aryl methyl sites for hydroxylation is 2. The monoisotopic (exact) mass is 312 g/mol. The van der Waals surface area contributed by atoms with E-state index in [0.29, 0.717) is 12.5 Å². The molecule has 2 aromatic rings. The van der Waals surface area contributed by atoms with Gasteiger partial charge in [-0.3, -0.25) is 9.89 Å². The summed E-state index contributed by atoms with van der Waals surface area (Å²) in [6.07, 6.45) is 3.85. The fraction of sp³-hybridized carbons (Fsp3) is 0.444. The number of para-hydroxylation sites is 1. The third kappa shape index (κ3) is 3.73. The Hall–Kier alpha value is -2.30. The van der Waals surface area contributed by atoms with Crippen LogP contribution in [-0.4, -0.2) is 29.2 Å². The van der Waals surface area contributed by atoms with Gasteiger partial charge in [0, 0.05) is 12.2 Å². The van der Waals surface area contributed by atoms with Crippen molar-refractivity contribution >= 4 is 17.3 Å². The minimum Gasteiger partial charge on any atom is -0.362 e. The second-order valence-electron chi connectivity index (χ2n) is 6.37. The molecule has 1 saturated carbocycles. The maximum absolute atomic E-state index is 12.5. The van der Waals surface area contributed by atoms with Gasteiger partial charge >= 0.3 is 0 Å². The summed E-state index contributed by atoms with van der Waals surface area (Å²) < 4.78 is 0. The van der Waals surface area contributed by atoms with Crippen LogP contribution in [-0.2, 0) is 4.79 Å². The highest BCUT2D eigenvalue weighted by atomic mass is 16.2. The number of aromatic amines is 1. The number of amides is 1. The summed E-state index contributed by atoms with van der Waals surface area (Å²) in [5, 5.41) is 10.0. The van der Waals surface area contributed by atoms with E-state index >= 15 is 0 Å². The molecule has 1 aromatic heterocycles. The summed E-state index contributed by atoms with van der Waals surface area (Å²) >= 11 is 0. The van der Waals surface area contributed by atoms with Gasteiger partial charge in [-0.25, -0.2) is 0 Å². The molecule has 0 bridgehead atoms. The Kier molecular flexibility index (Phi) is 4.65. The fourth-order valence-electron chi connectivity index (χ4n) is 2.97. The normalized spacial score (nSPS) is 14.3. The number of anilines is 2. The first-order valence-electron chi connectivity index (χ1n) is 8.25. The molecule has 23 heavy (non-hydrogen) atoms. The molecule has 3 rings (SSSR count). The lowest BCUT2D eigenvalue weighted by molar-refractivity contribution is -0.115. The van der Waals surface area contributed by atoms with E-state index in [1.54, 1.807) is 0 Å². The second-order valence-corrected chi connectivity index (χ2v) is 6.37. The van der Waals surface area contributed by atoms with Crippen LogP contribution in [0.15, 0.2) is 30.3 Å². The molecule has 1 heterocycles. The molecule has 1 aromatic carbocycles. The standard InChI is InChI=1S/C18H24N4O/c1-13-18(14(2)21-20-13)19-17(23)12-22(11-15-7-6-8-15)16-9-4-3-5-10-16/h3-5,9-10,15H,6-8,11-12H2,1-2H3,(H,19,23)(H,20,21). The zero-order valence-corrected chi connectivity index (χ0v) is 13.8. The number of benzene rings is 1. The molecule has 2 N–H and O–H groups in total. The van der Waals surface area contributed by atoms with Gasteiger partial charge in [0.25, 0.3) is 0 Å². The Morgan fingerprint density at radius 2 is 2.04 bits per heavy atom. The number of aromatic nitrogens is 2. The van der Waals surface area contributed by atoms with Gasteiger partial charge in [0.15, 0.2) is 0 Å². The number of rotatable bonds is 6. The first-order chi connectivity index (χ1) is 11.1. The molecule has 5 heteroatoms. The van der Waals surface area contributed by atoms with Gasteiger partial charge in [-0.05, 0) is 44.7 Å². The molecule has 1 amide bonds. The third-order valence-electron chi connectivity index (χ3n) is 4.55. The van der Waals surface area contributed by atoms with Crippen LogP contribution in [0, 0.1) is 19.8 Å². The molecule has 1 fully saturated rings. The Labute approximate surface area is 137 Å². The molecule has 5 nitrogen and oxygen atoms in total. The average molecular weight is 312 g/mol. The van der Waals surface area contributed by atoms with Crippen LogP contribution >= 0.6 is 0 Å². The van der Waals surface area contributed by atoms with Crippen molar-refractivity contribution in [3.05, 3.63) is 41.7 Å². The molecule has 0 radical (unpaired) electrons. The van der Waals surface area contributed by atoms with E-state index in [4.69, 9.17) is 0 Å².